The van der Waals surface area contributed by atoms with E-state index < -0.39 is 5.97 Å². The van der Waals surface area contributed by atoms with Crippen molar-refractivity contribution in [3.8, 4) is 0 Å². The minimum Gasteiger partial charge on any atom is -0.464 e. The molecular weight excluding hydrogens is 302 g/mol. The number of benzene rings is 1. The first-order chi connectivity index (χ1) is 11.0. The maximum absolute atomic E-state index is 11.9. The van der Waals surface area contributed by atoms with Gasteiger partial charge in [-0.2, -0.15) is 0 Å². The lowest BCUT2D eigenvalue weighted by atomic mass is 10.2. The van der Waals surface area contributed by atoms with E-state index in [9.17, 15) is 14.4 Å². The number of ether oxygens (including phenoxy) is 1. The van der Waals surface area contributed by atoms with E-state index in [1.165, 1.54) is 24.9 Å². The van der Waals surface area contributed by atoms with Crippen LogP contribution in [0.3, 0.4) is 0 Å². The minimum absolute atomic E-state index is 0.0277. The van der Waals surface area contributed by atoms with Crippen LogP contribution in [0, 0.1) is 0 Å². The second kappa shape index (κ2) is 7.16. The van der Waals surface area contributed by atoms with Gasteiger partial charge in [0.1, 0.15) is 6.54 Å². The normalized spacial score (nSPS) is 10.0. The third-order valence-electron chi connectivity index (χ3n) is 2.73. The molecular formula is C14H15N5O4. The molecule has 120 valence electrons. The fraction of sp³-hybridized carbons (Fsp3) is 0.214. The number of hydrogen-bond acceptors (Lipinski definition) is 6. The lowest BCUT2D eigenvalue weighted by molar-refractivity contribution is -0.117. The van der Waals surface area contributed by atoms with Crippen LogP contribution in [0.25, 0.3) is 0 Å². The summed E-state index contributed by atoms with van der Waals surface area (Å²) >= 11 is 0. The number of nitrogens with zero attached hydrogens (tertiary/aromatic N) is 3. The molecule has 1 aromatic heterocycles. The topological polar surface area (TPSA) is 115 Å². The van der Waals surface area contributed by atoms with Gasteiger partial charge >= 0.3 is 5.97 Å². The number of anilines is 2. The van der Waals surface area contributed by atoms with E-state index in [1.807, 2.05) is 0 Å². The highest BCUT2D eigenvalue weighted by Crippen LogP contribution is 2.13. The standard InChI is InChI=1S/C14H15N5O4/c1-9(20)15-10-3-5-11(6-4-10)16-13(21)8-19-7-12(17-18-19)14(22)23-2/h3-7H,8H2,1-2H3,(H,15,20)(H,16,21). The zero-order valence-corrected chi connectivity index (χ0v) is 12.6. The van der Waals surface area contributed by atoms with Gasteiger partial charge in [0, 0.05) is 18.3 Å². The second-order valence-electron chi connectivity index (χ2n) is 4.60. The monoisotopic (exact) mass is 317 g/mol. The first-order valence-electron chi connectivity index (χ1n) is 6.64. The molecule has 1 heterocycles. The van der Waals surface area contributed by atoms with Crippen LogP contribution < -0.4 is 10.6 Å². The van der Waals surface area contributed by atoms with E-state index in [4.69, 9.17) is 0 Å². The van der Waals surface area contributed by atoms with Gasteiger partial charge in [0.15, 0.2) is 5.69 Å². The van der Waals surface area contributed by atoms with Crippen molar-refractivity contribution in [2.24, 2.45) is 0 Å². The number of nitrogens with one attached hydrogen (secondary N) is 2. The molecule has 9 nitrogen and oxygen atoms in total. The van der Waals surface area contributed by atoms with E-state index in [2.05, 4.69) is 25.7 Å². The molecule has 2 rings (SSSR count). The molecule has 0 saturated carbocycles. The van der Waals surface area contributed by atoms with Crippen molar-refractivity contribution >= 4 is 29.2 Å². The maximum atomic E-state index is 11.9. The Labute approximate surface area is 131 Å². The number of carbonyl (C=O) groups excluding carboxylic acids is 3. The predicted molar refractivity (Wildman–Crippen MR) is 80.7 cm³/mol. The van der Waals surface area contributed by atoms with Crippen LogP contribution in [-0.4, -0.2) is 39.9 Å². The molecule has 0 atom stereocenters. The summed E-state index contributed by atoms with van der Waals surface area (Å²) in [6, 6.07) is 6.65. The van der Waals surface area contributed by atoms with Crippen LogP contribution in [-0.2, 0) is 20.9 Å². The highest BCUT2D eigenvalue weighted by molar-refractivity contribution is 5.92. The van der Waals surface area contributed by atoms with Gasteiger partial charge in [0.25, 0.3) is 0 Å². The Balaban J connectivity index is 1.92. The summed E-state index contributed by atoms with van der Waals surface area (Å²) in [5, 5.41) is 12.6. The third kappa shape index (κ3) is 4.63. The number of hydrogen-bond donors (Lipinski definition) is 2. The Morgan fingerprint density at radius 2 is 1.74 bits per heavy atom. The molecule has 2 aromatic rings. The van der Waals surface area contributed by atoms with Crippen LogP contribution in [0.4, 0.5) is 11.4 Å². The number of rotatable bonds is 5. The van der Waals surface area contributed by atoms with Crippen LogP contribution >= 0.6 is 0 Å². The van der Waals surface area contributed by atoms with E-state index in [1.54, 1.807) is 24.3 Å². The number of esters is 1. The molecule has 0 unspecified atom stereocenters. The molecule has 2 amide bonds. The van der Waals surface area contributed by atoms with Gasteiger partial charge in [0.2, 0.25) is 11.8 Å². The molecule has 0 aliphatic rings. The summed E-state index contributed by atoms with van der Waals surface area (Å²) in [4.78, 5) is 34.1. The van der Waals surface area contributed by atoms with Crippen molar-refractivity contribution in [3.63, 3.8) is 0 Å². The number of carbonyl (C=O) groups is 3. The fourth-order valence-corrected chi connectivity index (χ4v) is 1.76. The van der Waals surface area contributed by atoms with E-state index >= 15 is 0 Å². The van der Waals surface area contributed by atoms with Gasteiger partial charge in [-0.1, -0.05) is 5.21 Å². The summed E-state index contributed by atoms with van der Waals surface area (Å²) in [7, 11) is 1.23. The average molecular weight is 317 g/mol. The smallest absolute Gasteiger partial charge is 0.360 e. The fourth-order valence-electron chi connectivity index (χ4n) is 1.76. The van der Waals surface area contributed by atoms with Crippen molar-refractivity contribution < 1.29 is 19.1 Å². The lowest BCUT2D eigenvalue weighted by Gasteiger charge is -2.06. The molecule has 1 aromatic carbocycles. The average Bonchev–Trinajstić information content (AvgIpc) is 2.96. The molecule has 9 heteroatoms. The van der Waals surface area contributed by atoms with Gasteiger partial charge in [-0.25, -0.2) is 9.48 Å². The first-order valence-corrected chi connectivity index (χ1v) is 6.64. The Hall–Kier alpha value is -3.23. The van der Waals surface area contributed by atoms with Crippen molar-refractivity contribution in [2.75, 3.05) is 17.7 Å². The summed E-state index contributed by atoms with van der Waals surface area (Å²) in [5.74, 6) is -1.13. The van der Waals surface area contributed by atoms with Gasteiger partial charge in [-0.3, -0.25) is 9.59 Å². The molecule has 0 aliphatic carbocycles. The molecule has 0 saturated heterocycles. The van der Waals surface area contributed by atoms with E-state index in [-0.39, 0.29) is 24.1 Å². The quantitative estimate of drug-likeness (QED) is 0.783. The Kier molecular flexibility index (Phi) is 5.03. The number of amides is 2. The predicted octanol–water partition coefficient (Wildman–Crippen LogP) is 0.662. The zero-order valence-electron chi connectivity index (χ0n) is 12.6. The summed E-state index contributed by atoms with van der Waals surface area (Å²) in [5.41, 5.74) is 1.23. The lowest BCUT2D eigenvalue weighted by Crippen LogP contribution is -2.19. The van der Waals surface area contributed by atoms with Crippen LogP contribution in [0.2, 0.25) is 0 Å². The van der Waals surface area contributed by atoms with Crippen molar-refractivity contribution in [2.45, 2.75) is 13.5 Å². The van der Waals surface area contributed by atoms with E-state index in [0.29, 0.717) is 11.4 Å². The maximum Gasteiger partial charge on any atom is 0.360 e. The SMILES string of the molecule is COC(=O)c1cn(CC(=O)Nc2ccc(NC(C)=O)cc2)nn1. The van der Waals surface area contributed by atoms with E-state index in [0.717, 1.165) is 0 Å². The number of methoxy groups -OCH3 is 1. The molecule has 0 aliphatic heterocycles. The van der Waals surface area contributed by atoms with Crippen molar-refractivity contribution in [3.05, 3.63) is 36.2 Å². The van der Waals surface area contributed by atoms with Crippen LogP contribution in [0.15, 0.2) is 30.5 Å². The summed E-state index contributed by atoms with van der Waals surface area (Å²) in [6.07, 6.45) is 1.32. The highest BCUT2D eigenvalue weighted by Gasteiger charge is 2.12. The Bertz CT molecular complexity index is 723. The highest BCUT2D eigenvalue weighted by atomic mass is 16.5. The first kappa shape index (κ1) is 16.1. The zero-order chi connectivity index (χ0) is 16.8. The van der Waals surface area contributed by atoms with Crippen molar-refractivity contribution in [1.82, 2.24) is 15.0 Å². The van der Waals surface area contributed by atoms with Crippen LogP contribution in [0.1, 0.15) is 17.4 Å². The largest absolute Gasteiger partial charge is 0.464 e. The Morgan fingerprint density at radius 1 is 1.13 bits per heavy atom. The molecule has 0 radical (unpaired) electrons. The molecule has 2 N–H and O–H groups in total. The Morgan fingerprint density at radius 3 is 2.30 bits per heavy atom. The van der Waals surface area contributed by atoms with Crippen LogP contribution in [0.5, 0.6) is 0 Å². The van der Waals surface area contributed by atoms with Gasteiger partial charge in [-0.05, 0) is 24.3 Å². The molecule has 23 heavy (non-hydrogen) atoms. The van der Waals surface area contributed by atoms with Gasteiger partial charge < -0.3 is 15.4 Å². The van der Waals surface area contributed by atoms with Crippen molar-refractivity contribution in [1.29, 1.82) is 0 Å². The molecule has 0 fully saturated rings. The molecule has 0 spiro atoms. The van der Waals surface area contributed by atoms with Gasteiger partial charge in [-0.15, -0.1) is 5.10 Å². The second-order valence-corrected chi connectivity index (χ2v) is 4.60. The number of aromatic nitrogens is 3. The molecule has 0 bridgehead atoms. The van der Waals surface area contributed by atoms with Gasteiger partial charge in [0.05, 0.1) is 13.3 Å². The third-order valence-corrected chi connectivity index (χ3v) is 2.73. The minimum atomic E-state index is -0.620. The summed E-state index contributed by atoms with van der Waals surface area (Å²) < 4.78 is 5.73. The summed E-state index contributed by atoms with van der Waals surface area (Å²) in [6.45, 7) is 1.31.